The summed E-state index contributed by atoms with van der Waals surface area (Å²) >= 11 is 0. The minimum Gasteiger partial charge on any atom is -0.443 e. The standard InChI is InChI=1S/C13H14N4O4/c1-14-12(19)17-10-8(21-13(17)20)5-7-9(10)15-11(18)6-3-2-4-16(6)7/h2-4,7-10H,5H2,1H3,(H,14,19)(H,15,18)/t7-,8-,9-,10-/m1/s1. The zero-order chi connectivity index (χ0) is 14.7. The van der Waals surface area contributed by atoms with E-state index in [4.69, 9.17) is 4.74 Å². The fourth-order valence-corrected chi connectivity index (χ4v) is 3.64. The number of ether oxygens (including phenoxy) is 1. The minimum absolute atomic E-state index is 0.0112. The molecule has 4 rings (SSSR count). The lowest BCUT2D eigenvalue weighted by Crippen LogP contribution is -2.57. The van der Waals surface area contributed by atoms with Gasteiger partial charge in [0.15, 0.2) is 0 Å². The summed E-state index contributed by atoms with van der Waals surface area (Å²) in [6.07, 6.45) is 1.38. The smallest absolute Gasteiger partial charge is 0.418 e. The van der Waals surface area contributed by atoms with Gasteiger partial charge in [0.05, 0.1) is 12.1 Å². The molecular formula is C13H14N4O4. The number of nitrogens with zero attached hydrogens (tertiary/aromatic N) is 2. The summed E-state index contributed by atoms with van der Waals surface area (Å²) in [7, 11) is 1.46. The Bertz CT molecular complexity index is 646. The second kappa shape index (κ2) is 4.00. The molecule has 0 bridgehead atoms. The van der Waals surface area contributed by atoms with Gasteiger partial charge in [0.1, 0.15) is 17.8 Å². The highest BCUT2D eigenvalue weighted by molar-refractivity contribution is 5.95. The topological polar surface area (TPSA) is 92.7 Å². The van der Waals surface area contributed by atoms with Crippen LogP contribution in [-0.2, 0) is 4.74 Å². The van der Waals surface area contributed by atoms with E-state index in [1.807, 2.05) is 16.8 Å². The van der Waals surface area contributed by atoms with Gasteiger partial charge in [-0.3, -0.25) is 4.79 Å². The van der Waals surface area contributed by atoms with Gasteiger partial charge in [0.25, 0.3) is 5.91 Å². The van der Waals surface area contributed by atoms with E-state index in [2.05, 4.69) is 10.6 Å². The van der Waals surface area contributed by atoms with Crippen LogP contribution in [0.2, 0.25) is 0 Å². The average Bonchev–Trinajstić information content (AvgIpc) is 3.12. The Morgan fingerprint density at radius 3 is 3.05 bits per heavy atom. The molecule has 1 aromatic heterocycles. The highest BCUT2D eigenvalue weighted by Gasteiger charge is 2.58. The first-order valence-electron chi connectivity index (χ1n) is 6.81. The van der Waals surface area contributed by atoms with E-state index in [-0.39, 0.29) is 18.0 Å². The second-order valence-electron chi connectivity index (χ2n) is 5.44. The highest BCUT2D eigenvalue weighted by atomic mass is 16.6. The SMILES string of the molecule is CNC(=O)N1C(=O)O[C@@H]2C[C@@H]3[C@@H](NC(=O)c4cccn43)[C@@H]21. The summed E-state index contributed by atoms with van der Waals surface area (Å²) in [4.78, 5) is 37.0. The van der Waals surface area contributed by atoms with Gasteiger partial charge >= 0.3 is 12.1 Å². The molecule has 3 aliphatic rings. The summed E-state index contributed by atoms with van der Waals surface area (Å²) in [5.41, 5.74) is 0.592. The first-order valence-corrected chi connectivity index (χ1v) is 6.81. The van der Waals surface area contributed by atoms with E-state index in [0.29, 0.717) is 12.1 Å². The molecule has 8 heteroatoms. The Hall–Kier alpha value is -2.51. The van der Waals surface area contributed by atoms with Crippen molar-refractivity contribution in [1.29, 1.82) is 0 Å². The van der Waals surface area contributed by atoms with Crippen molar-refractivity contribution < 1.29 is 19.1 Å². The lowest BCUT2D eigenvalue weighted by Gasteiger charge is -2.33. The quantitative estimate of drug-likeness (QED) is 0.707. The molecule has 2 fully saturated rings. The van der Waals surface area contributed by atoms with Crippen molar-refractivity contribution in [1.82, 2.24) is 20.1 Å². The van der Waals surface area contributed by atoms with E-state index >= 15 is 0 Å². The number of carbonyl (C=O) groups is 3. The summed E-state index contributed by atoms with van der Waals surface area (Å²) in [6.45, 7) is 0. The van der Waals surface area contributed by atoms with Crippen LogP contribution in [0.25, 0.3) is 0 Å². The number of nitrogens with one attached hydrogen (secondary N) is 2. The molecular weight excluding hydrogens is 276 g/mol. The predicted molar refractivity (Wildman–Crippen MR) is 69.7 cm³/mol. The summed E-state index contributed by atoms with van der Waals surface area (Å²) < 4.78 is 7.20. The number of imide groups is 1. The fourth-order valence-electron chi connectivity index (χ4n) is 3.64. The molecule has 3 heterocycles. The van der Waals surface area contributed by atoms with Crippen LogP contribution in [0.15, 0.2) is 18.3 Å². The van der Waals surface area contributed by atoms with Gasteiger partial charge in [-0.05, 0) is 12.1 Å². The number of fused-ring (bicyclic) bond motifs is 5. The molecule has 4 amide bonds. The predicted octanol–water partition coefficient (Wildman–Crippen LogP) is 0.0737. The van der Waals surface area contributed by atoms with Crippen LogP contribution < -0.4 is 10.6 Å². The number of amides is 4. The molecule has 0 spiro atoms. The third-order valence-corrected chi connectivity index (χ3v) is 4.48. The molecule has 2 aliphatic heterocycles. The van der Waals surface area contributed by atoms with Crippen molar-refractivity contribution in [2.24, 2.45) is 0 Å². The lowest BCUT2D eigenvalue weighted by molar-refractivity contribution is 0.0861. The molecule has 2 N–H and O–H groups in total. The van der Waals surface area contributed by atoms with Crippen LogP contribution >= 0.6 is 0 Å². The Labute approximate surface area is 120 Å². The first-order chi connectivity index (χ1) is 10.1. The van der Waals surface area contributed by atoms with Crippen LogP contribution in [0.4, 0.5) is 9.59 Å². The second-order valence-corrected chi connectivity index (χ2v) is 5.44. The van der Waals surface area contributed by atoms with E-state index in [9.17, 15) is 14.4 Å². The van der Waals surface area contributed by atoms with Gasteiger partial charge in [-0.1, -0.05) is 0 Å². The van der Waals surface area contributed by atoms with E-state index in [1.165, 1.54) is 7.05 Å². The third-order valence-electron chi connectivity index (χ3n) is 4.48. The number of rotatable bonds is 0. The van der Waals surface area contributed by atoms with Crippen LogP contribution in [0.1, 0.15) is 23.0 Å². The van der Waals surface area contributed by atoms with E-state index < -0.39 is 24.3 Å². The number of aromatic nitrogens is 1. The molecule has 1 saturated heterocycles. The molecule has 1 aromatic rings. The van der Waals surface area contributed by atoms with Gasteiger partial charge in [0.2, 0.25) is 0 Å². The molecule has 0 aromatic carbocycles. The zero-order valence-electron chi connectivity index (χ0n) is 11.3. The maximum Gasteiger partial charge on any atom is 0.418 e. The van der Waals surface area contributed by atoms with Crippen molar-refractivity contribution in [2.45, 2.75) is 30.7 Å². The van der Waals surface area contributed by atoms with Crippen LogP contribution in [0, 0.1) is 0 Å². The summed E-state index contributed by atoms with van der Waals surface area (Å²) in [6, 6.07) is 2.24. The number of carbonyl (C=O) groups excluding carboxylic acids is 3. The molecule has 4 atom stereocenters. The highest BCUT2D eigenvalue weighted by Crippen LogP contribution is 2.42. The van der Waals surface area contributed by atoms with Gasteiger partial charge in [-0.2, -0.15) is 0 Å². The number of urea groups is 1. The van der Waals surface area contributed by atoms with Crippen LogP contribution in [-0.4, -0.2) is 52.7 Å². The van der Waals surface area contributed by atoms with Gasteiger partial charge in [0, 0.05) is 19.7 Å². The number of hydrogen-bond donors (Lipinski definition) is 2. The van der Waals surface area contributed by atoms with Crippen molar-refractivity contribution in [3.63, 3.8) is 0 Å². The molecule has 110 valence electrons. The average molecular weight is 290 g/mol. The normalized spacial score (nSPS) is 32.9. The largest absolute Gasteiger partial charge is 0.443 e. The summed E-state index contributed by atoms with van der Waals surface area (Å²) in [5.74, 6) is -0.196. The fraction of sp³-hybridized carbons (Fsp3) is 0.462. The van der Waals surface area contributed by atoms with E-state index in [0.717, 1.165) is 4.90 Å². The molecule has 1 saturated carbocycles. The number of hydrogen-bond acceptors (Lipinski definition) is 4. The van der Waals surface area contributed by atoms with Crippen LogP contribution in [0.5, 0.6) is 0 Å². The molecule has 0 radical (unpaired) electrons. The van der Waals surface area contributed by atoms with Crippen molar-refractivity contribution in [3.8, 4) is 0 Å². The van der Waals surface area contributed by atoms with E-state index in [1.54, 1.807) is 6.07 Å². The third kappa shape index (κ3) is 1.47. The van der Waals surface area contributed by atoms with Gasteiger partial charge < -0.3 is 19.9 Å². The van der Waals surface area contributed by atoms with Crippen molar-refractivity contribution in [2.75, 3.05) is 7.05 Å². The first kappa shape index (κ1) is 12.2. The molecule has 21 heavy (non-hydrogen) atoms. The summed E-state index contributed by atoms with van der Waals surface area (Å²) in [5, 5.41) is 5.35. The molecule has 1 aliphatic carbocycles. The van der Waals surface area contributed by atoms with Gasteiger partial charge in [-0.15, -0.1) is 0 Å². The van der Waals surface area contributed by atoms with Gasteiger partial charge in [-0.25, -0.2) is 14.5 Å². The maximum absolute atomic E-state index is 12.1. The monoisotopic (exact) mass is 290 g/mol. The molecule has 8 nitrogen and oxygen atoms in total. The molecule has 0 unspecified atom stereocenters. The Kier molecular flexibility index (Phi) is 2.33. The Morgan fingerprint density at radius 2 is 2.29 bits per heavy atom. The Balaban J connectivity index is 1.74. The maximum atomic E-state index is 12.1. The van der Waals surface area contributed by atoms with Crippen molar-refractivity contribution >= 4 is 18.0 Å². The van der Waals surface area contributed by atoms with Crippen LogP contribution in [0.3, 0.4) is 0 Å². The lowest BCUT2D eigenvalue weighted by atomic mass is 10.1. The zero-order valence-corrected chi connectivity index (χ0v) is 11.3. The minimum atomic E-state index is -0.657. The van der Waals surface area contributed by atoms with Crippen molar-refractivity contribution in [3.05, 3.63) is 24.0 Å². The Morgan fingerprint density at radius 1 is 1.48 bits per heavy atom.